The molecule has 0 fully saturated rings. The largest absolute Gasteiger partial charge is 0.397 e. The monoisotopic (exact) mass is 216 g/mol. The van der Waals surface area contributed by atoms with Crippen LogP contribution < -0.4 is 0 Å². The molecule has 0 aromatic heterocycles. The Morgan fingerprint density at radius 2 is 1.93 bits per heavy atom. The van der Waals surface area contributed by atoms with Crippen molar-refractivity contribution < 1.29 is 13.6 Å². The summed E-state index contributed by atoms with van der Waals surface area (Å²) in [6, 6.07) is 0. The lowest BCUT2D eigenvalue weighted by atomic mass is 10.2. The first-order chi connectivity index (χ1) is 6.55. The zero-order valence-corrected chi connectivity index (χ0v) is 10.7. The van der Waals surface area contributed by atoms with Crippen LogP contribution in [-0.4, -0.2) is 28.6 Å². The van der Waals surface area contributed by atoms with Gasteiger partial charge in [0.25, 0.3) is 0 Å². The van der Waals surface area contributed by atoms with E-state index < -0.39 is 8.56 Å². The zero-order valence-electron chi connectivity index (χ0n) is 9.66. The topological polar surface area (TPSA) is 35.5 Å². The molecule has 82 valence electrons. The van der Waals surface area contributed by atoms with Crippen molar-refractivity contribution in [3.63, 3.8) is 0 Å². The highest BCUT2D eigenvalue weighted by Gasteiger charge is 2.41. The Bertz CT molecular complexity index is 209. The maximum absolute atomic E-state index is 11.7. The van der Waals surface area contributed by atoms with E-state index in [-0.39, 0.29) is 11.3 Å². The van der Waals surface area contributed by atoms with Gasteiger partial charge in [0.15, 0.2) is 5.78 Å². The molecule has 0 saturated heterocycles. The van der Waals surface area contributed by atoms with Crippen LogP contribution >= 0.6 is 0 Å². The second kappa shape index (κ2) is 6.11. The highest BCUT2D eigenvalue weighted by atomic mass is 28.4. The number of carbonyl (C=O) groups is 1. The predicted molar refractivity (Wildman–Crippen MR) is 59.5 cm³/mol. The summed E-state index contributed by atoms with van der Waals surface area (Å²) in [5, 5.41) is 0. The summed E-state index contributed by atoms with van der Waals surface area (Å²) < 4.78 is 10.7. The molecule has 4 heteroatoms. The minimum Gasteiger partial charge on any atom is -0.397 e. The van der Waals surface area contributed by atoms with Gasteiger partial charge < -0.3 is 8.85 Å². The highest BCUT2D eigenvalue weighted by Crippen LogP contribution is 2.27. The lowest BCUT2D eigenvalue weighted by Crippen LogP contribution is -2.44. The van der Waals surface area contributed by atoms with Gasteiger partial charge in [0.1, 0.15) is 0 Å². The molecule has 0 aliphatic carbocycles. The minimum atomic E-state index is -2.33. The molecule has 0 radical (unpaired) electrons. The summed E-state index contributed by atoms with van der Waals surface area (Å²) >= 11 is 0. The predicted octanol–water partition coefficient (Wildman–Crippen LogP) is 2.28. The van der Waals surface area contributed by atoms with Gasteiger partial charge >= 0.3 is 8.56 Å². The fraction of sp³-hybridized carbons (Fsp3) is 0.700. The molecule has 3 nitrogen and oxygen atoms in total. The van der Waals surface area contributed by atoms with Crippen molar-refractivity contribution in [1.82, 2.24) is 0 Å². The van der Waals surface area contributed by atoms with Crippen LogP contribution in [0, 0.1) is 0 Å². The van der Waals surface area contributed by atoms with E-state index >= 15 is 0 Å². The van der Waals surface area contributed by atoms with E-state index in [0.29, 0.717) is 0 Å². The Morgan fingerprint density at radius 3 is 2.21 bits per heavy atom. The lowest BCUT2D eigenvalue weighted by Gasteiger charge is -2.29. The van der Waals surface area contributed by atoms with Crippen LogP contribution in [0.1, 0.15) is 20.3 Å². The fourth-order valence-corrected chi connectivity index (χ4v) is 3.57. The minimum absolute atomic E-state index is 0.105. The molecular weight excluding hydrogens is 196 g/mol. The fourth-order valence-electron chi connectivity index (χ4n) is 1.48. The SMILES string of the molecule is CC=CC(=O)C(CC)[Si](C)(OC)OC. The average molecular weight is 216 g/mol. The number of hydrogen-bond donors (Lipinski definition) is 0. The molecule has 0 aromatic rings. The van der Waals surface area contributed by atoms with Crippen molar-refractivity contribution in [3.05, 3.63) is 12.2 Å². The molecule has 0 amide bonds. The molecule has 0 heterocycles. The number of hydrogen-bond acceptors (Lipinski definition) is 3. The van der Waals surface area contributed by atoms with E-state index in [2.05, 4.69) is 0 Å². The molecular formula is C10H20O3Si. The van der Waals surface area contributed by atoms with Crippen LogP contribution in [-0.2, 0) is 13.6 Å². The van der Waals surface area contributed by atoms with Crippen LogP contribution in [0.15, 0.2) is 12.2 Å². The van der Waals surface area contributed by atoms with Crippen LogP contribution in [0.5, 0.6) is 0 Å². The third kappa shape index (κ3) is 3.04. The van der Waals surface area contributed by atoms with Crippen LogP contribution in [0.4, 0.5) is 0 Å². The normalized spacial score (nSPS) is 14.6. The van der Waals surface area contributed by atoms with Crippen molar-refractivity contribution >= 4 is 14.3 Å². The Kier molecular flexibility index (Phi) is 5.91. The second-order valence-electron chi connectivity index (χ2n) is 3.29. The summed E-state index contributed by atoms with van der Waals surface area (Å²) in [6.07, 6.45) is 4.11. The van der Waals surface area contributed by atoms with Gasteiger partial charge in [-0.05, 0) is 26.0 Å². The number of rotatable bonds is 6. The van der Waals surface area contributed by atoms with E-state index in [1.54, 1.807) is 26.4 Å². The molecule has 0 aliphatic rings. The lowest BCUT2D eigenvalue weighted by molar-refractivity contribution is -0.115. The van der Waals surface area contributed by atoms with E-state index in [1.165, 1.54) is 0 Å². The van der Waals surface area contributed by atoms with E-state index in [9.17, 15) is 4.79 Å². The van der Waals surface area contributed by atoms with Crippen molar-refractivity contribution in [2.45, 2.75) is 32.4 Å². The third-order valence-electron chi connectivity index (χ3n) is 2.53. The van der Waals surface area contributed by atoms with Gasteiger partial charge in [0, 0.05) is 14.2 Å². The maximum atomic E-state index is 11.7. The number of carbonyl (C=O) groups excluding carboxylic acids is 1. The maximum Gasteiger partial charge on any atom is 0.345 e. The highest BCUT2D eigenvalue weighted by molar-refractivity contribution is 6.71. The smallest absolute Gasteiger partial charge is 0.345 e. The van der Waals surface area contributed by atoms with Crippen molar-refractivity contribution in [2.75, 3.05) is 14.2 Å². The molecule has 1 atom stereocenters. The molecule has 0 saturated carbocycles. The van der Waals surface area contributed by atoms with Crippen LogP contribution in [0.25, 0.3) is 0 Å². The number of ketones is 1. The second-order valence-corrected chi connectivity index (χ2v) is 6.83. The van der Waals surface area contributed by atoms with Gasteiger partial charge in [-0.2, -0.15) is 0 Å². The Morgan fingerprint density at radius 1 is 1.43 bits per heavy atom. The Balaban J connectivity index is 4.77. The summed E-state index contributed by atoms with van der Waals surface area (Å²) in [7, 11) is 0.897. The van der Waals surface area contributed by atoms with Crippen LogP contribution in [0.2, 0.25) is 12.1 Å². The first-order valence-electron chi connectivity index (χ1n) is 4.82. The van der Waals surface area contributed by atoms with Gasteiger partial charge in [-0.15, -0.1) is 0 Å². The summed E-state index contributed by atoms with van der Waals surface area (Å²) in [5.41, 5.74) is -0.117. The molecule has 0 bridgehead atoms. The standard InChI is InChI=1S/C10H20O3Si/c1-6-8-9(11)10(7-2)14(5,12-3)13-4/h6,8,10H,7H2,1-5H3. The van der Waals surface area contributed by atoms with Crippen LogP contribution in [0.3, 0.4) is 0 Å². The zero-order chi connectivity index (χ0) is 11.2. The van der Waals surface area contributed by atoms with E-state index in [0.717, 1.165) is 6.42 Å². The molecule has 0 spiro atoms. The first-order valence-corrected chi connectivity index (χ1v) is 7.21. The van der Waals surface area contributed by atoms with Crippen molar-refractivity contribution in [2.24, 2.45) is 0 Å². The van der Waals surface area contributed by atoms with E-state index in [4.69, 9.17) is 8.85 Å². The summed E-state index contributed by atoms with van der Waals surface area (Å²) in [6.45, 7) is 5.74. The third-order valence-corrected chi connectivity index (χ3v) is 6.11. The van der Waals surface area contributed by atoms with Gasteiger partial charge in [0.2, 0.25) is 0 Å². The quantitative estimate of drug-likeness (QED) is 0.505. The molecule has 0 N–H and O–H groups in total. The van der Waals surface area contributed by atoms with Crippen molar-refractivity contribution in [3.8, 4) is 0 Å². The molecule has 14 heavy (non-hydrogen) atoms. The summed E-state index contributed by atoms with van der Waals surface area (Å²) in [5.74, 6) is 0.105. The Labute approximate surface area is 87.4 Å². The molecule has 0 rings (SSSR count). The van der Waals surface area contributed by atoms with Gasteiger partial charge in [-0.25, -0.2) is 0 Å². The van der Waals surface area contributed by atoms with Gasteiger partial charge in [0.05, 0.1) is 5.54 Å². The number of allylic oxidation sites excluding steroid dienone is 2. The van der Waals surface area contributed by atoms with Crippen molar-refractivity contribution in [1.29, 1.82) is 0 Å². The average Bonchev–Trinajstić information content (AvgIpc) is 2.19. The Hall–Kier alpha value is -0.453. The van der Waals surface area contributed by atoms with Gasteiger partial charge in [-0.1, -0.05) is 13.0 Å². The first kappa shape index (κ1) is 13.5. The van der Waals surface area contributed by atoms with E-state index in [1.807, 2.05) is 20.4 Å². The molecule has 1 unspecified atom stereocenters. The molecule has 0 aromatic carbocycles. The molecule has 0 aliphatic heterocycles. The summed E-state index contributed by atoms with van der Waals surface area (Å²) in [4.78, 5) is 11.7. The van der Waals surface area contributed by atoms with Gasteiger partial charge in [-0.3, -0.25) is 4.79 Å².